The standard InChI is InChI=1S/C16H30N2O2/c1-19-9-8-18-13-16(4-6-17-7-5-16)10-15(18)12-20-11-14-2-3-14/h14-15,17H,2-13H2,1H3/t15-/m0/s1. The van der Waals surface area contributed by atoms with Crippen LogP contribution in [0.15, 0.2) is 0 Å². The Hall–Kier alpha value is -0.160. The van der Waals surface area contributed by atoms with Gasteiger partial charge in [0.15, 0.2) is 0 Å². The van der Waals surface area contributed by atoms with E-state index < -0.39 is 0 Å². The first kappa shape index (κ1) is 14.8. The molecule has 1 N–H and O–H groups in total. The van der Waals surface area contributed by atoms with Gasteiger partial charge < -0.3 is 14.8 Å². The van der Waals surface area contributed by atoms with Crippen molar-refractivity contribution in [1.29, 1.82) is 0 Å². The Morgan fingerprint density at radius 1 is 1.20 bits per heavy atom. The van der Waals surface area contributed by atoms with Crippen molar-refractivity contribution in [2.45, 2.75) is 38.1 Å². The predicted octanol–water partition coefficient (Wildman–Crippen LogP) is 1.50. The summed E-state index contributed by atoms with van der Waals surface area (Å²) in [6, 6.07) is 0.613. The SMILES string of the molecule is COCCN1CC2(CCNCC2)C[C@H]1COCC1CC1. The summed E-state index contributed by atoms with van der Waals surface area (Å²) in [7, 11) is 1.80. The van der Waals surface area contributed by atoms with Gasteiger partial charge in [0.25, 0.3) is 0 Å². The van der Waals surface area contributed by atoms with Crippen molar-refractivity contribution in [3.8, 4) is 0 Å². The minimum Gasteiger partial charge on any atom is -0.383 e. The third kappa shape index (κ3) is 3.73. The topological polar surface area (TPSA) is 33.7 Å². The Balaban J connectivity index is 1.52. The second-order valence-electron chi connectivity index (χ2n) is 7.05. The molecule has 0 aromatic heterocycles. The zero-order chi connectivity index (χ0) is 13.8. The molecule has 2 heterocycles. The lowest BCUT2D eigenvalue weighted by molar-refractivity contribution is 0.0595. The number of piperidine rings is 1. The summed E-state index contributed by atoms with van der Waals surface area (Å²) >= 11 is 0. The van der Waals surface area contributed by atoms with Crippen molar-refractivity contribution in [2.75, 3.05) is 53.1 Å². The number of ether oxygens (including phenoxy) is 2. The summed E-state index contributed by atoms with van der Waals surface area (Å²) in [6.45, 7) is 7.44. The molecule has 3 aliphatic rings. The average molecular weight is 282 g/mol. The second-order valence-corrected chi connectivity index (χ2v) is 7.05. The smallest absolute Gasteiger partial charge is 0.0622 e. The molecule has 4 heteroatoms. The molecular weight excluding hydrogens is 252 g/mol. The van der Waals surface area contributed by atoms with Gasteiger partial charge in [-0.15, -0.1) is 0 Å². The summed E-state index contributed by atoms with van der Waals surface area (Å²) in [5.74, 6) is 0.872. The Bertz CT molecular complexity index is 301. The van der Waals surface area contributed by atoms with Gasteiger partial charge in [-0.25, -0.2) is 0 Å². The molecule has 1 atom stereocenters. The van der Waals surface area contributed by atoms with Gasteiger partial charge >= 0.3 is 0 Å². The molecule has 2 saturated heterocycles. The monoisotopic (exact) mass is 282 g/mol. The first-order valence-electron chi connectivity index (χ1n) is 8.33. The van der Waals surface area contributed by atoms with Gasteiger partial charge in [0.2, 0.25) is 0 Å². The van der Waals surface area contributed by atoms with Crippen molar-refractivity contribution in [3.63, 3.8) is 0 Å². The summed E-state index contributed by atoms with van der Waals surface area (Å²) in [4.78, 5) is 2.63. The summed E-state index contributed by atoms with van der Waals surface area (Å²) in [5, 5.41) is 3.50. The van der Waals surface area contributed by atoms with E-state index in [0.717, 1.165) is 32.3 Å². The number of nitrogens with one attached hydrogen (secondary N) is 1. The fourth-order valence-electron chi connectivity index (χ4n) is 3.86. The Kier molecular flexibility index (Phi) is 4.97. The minimum absolute atomic E-state index is 0.548. The number of methoxy groups -OCH3 is 1. The maximum Gasteiger partial charge on any atom is 0.0622 e. The first-order chi connectivity index (χ1) is 9.81. The number of hydrogen-bond acceptors (Lipinski definition) is 4. The van der Waals surface area contributed by atoms with Crippen LogP contribution in [0.5, 0.6) is 0 Å². The van der Waals surface area contributed by atoms with Crippen LogP contribution in [0.3, 0.4) is 0 Å². The van der Waals surface area contributed by atoms with E-state index in [-0.39, 0.29) is 0 Å². The van der Waals surface area contributed by atoms with Gasteiger partial charge in [0.05, 0.1) is 13.2 Å². The number of rotatable bonds is 7. The number of likely N-dealkylation sites (tertiary alicyclic amines) is 1. The molecule has 1 saturated carbocycles. The fourth-order valence-corrected chi connectivity index (χ4v) is 3.86. The molecule has 1 aliphatic carbocycles. The van der Waals surface area contributed by atoms with Crippen molar-refractivity contribution in [3.05, 3.63) is 0 Å². The van der Waals surface area contributed by atoms with Gasteiger partial charge in [0, 0.05) is 32.8 Å². The van der Waals surface area contributed by atoms with Crippen LogP contribution in [0, 0.1) is 11.3 Å². The van der Waals surface area contributed by atoms with E-state index in [1.54, 1.807) is 7.11 Å². The molecule has 1 spiro atoms. The predicted molar refractivity (Wildman–Crippen MR) is 79.9 cm³/mol. The highest BCUT2D eigenvalue weighted by atomic mass is 16.5. The largest absolute Gasteiger partial charge is 0.383 e. The van der Waals surface area contributed by atoms with E-state index in [4.69, 9.17) is 9.47 Å². The normalized spacial score (nSPS) is 30.1. The molecular formula is C16H30N2O2. The molecule has 0 radical (unpaired) electrons. The Morgan fingerprint density at radius 2 is 2.00 bits per heavy atom. The molecule has 0 amide bonds. The third-order valence-electron chi connectivity index (χ3n) is 5.33. The molecule has 116 valence electrons. The molecule has 0 aromatic rings. The van der Waals surface area contributed by atoms with Gasteiger partial charge in [-0.05, 0) is 56.5 Å². The molecule has 3 fully saturated rings. The van der Waals surface area contributed by atoms with E-state index >= 15 is 0 Å². The van der Waals surface area contributed by atoms with Crippen LogP contribution in [0.25, 0.3) is 0 Å². The zero-order valence-corrected chi connectivity index (χ0v) is 12.9. The highest BCUT2D eigenvalue weighted by Gasteiger charge is 2.44. The van der Waals surface area contributed by atoms with Crippen LogP contribution in [0.2, 0.25) is 0 Å². The number of nitrogens with zero attached hydrogens (tertiary/aromatic N) is 1. The Morgan fingerprint density at radius 3 is 2.70 bits per heavy atom. The molecule has 2 aliphatic heterocycles. The third-order valence-corrected chi connectivity index (χ3v) is 5.33. The highest BCUT2D eigenvalue weighted by Crippen LogP contribution is 2.42. The van der Waals surface area contributed by atoms with E-state index in [0.29, 0.717) is 11.5 Å². The molecule has 0 aromatic carbocycles. The molecule has 3 rings (SSSR count). The molecule has 0 unspecified atom stereocenters. The van der Waals surface area contributed by atoms with Crippen molar-refractivity contribution >= 4 is 0 Å². The second kappa shape index (κ2) is 6.73. The average Bonchev–Trinajstić information content (AvgIpc) is 3.22. The fraction of sp³-hybridized carbons (Fsp3) is 1.00. The van der Waals surface area contributed by atoms with Crippen LogP contribution in [-0.2, 0) is 9.47 Å². The molecule has 20 heavy (non-hydrogen) atoms. The lowest BCUT2D eigenvalue weighted by Crippen LogP contribution is -2.39. The summed E-state index contributed by atoms with van der Waals surface area (Å²) in [5.41, 5.74) is 0.548. The van der Waals surface area contributed by atoms with Crippen LogP contribution >= 0.6 is 0 Å². The number of hydrogen-bond donors (Lipinski definition) is 1. The minimum atomic E-state index is 0.548. The highest BCUT2D eigenvalue weighted by molar-refractivity contribution is 4.98. The van der Waals surface area contributed by atoms with Crippen LogP contribution in [0.1, 0.15) is 32.1 Å². The van der Waals surface area contributed by atoms with Crippen LogP contribution in [0.4, 0.5) is 0 Å². The van der Waals surface area contributed by atoms with Crippen molar-refractivity contribution in [1.82, 2.24) is 10.2 Å². The summed E-state index contributed by atoms with van der Waals surface area (Å²) in [6.07, 6.45) is 6.75. The maximum absolute atomic E-state index is 5.99. The maximum atomic E-state index is 5.99. The van der Waals surface area contributed by atoms with Gasteiger partial charge in [-0.3, -0.25) is 4.90 Å². The first-order valence-corrected chi connectivity index (χ1v) is 8.33. The lowest BCUT2D eigenvalue weighted by atomic mass is 9.77. The molecule has 0 bridgehead atoms. The van der Waals surface area contributed by atoms with E-state index in [1.165, 1.54) is 51.7 Å². The van der Waals surface area contributed by atoms with Crippen LogP contribution in [-0.4, -0.2) is 64.1 Å². The Labute approximate surface area is 123 Å². The summed E-state index contributed by atoms with van der Waals surface area (Å²) < 4.78 is 11.3. The van der Waals surface area contributed by atoms with Crippen LogP contribution < -0.4 is 5.32 Å². The lowest BCUT2D eigenvalue weighted by Gasteiger charge is -2.33. The van der Waals surface area contributed by atoms with E-state index in [1.807, 2.05) is 0 Å². The van der Waals surface area contributed by atoms with E-state index in [2.05, 4.69) is 10.2 Å². The quantitative estimate of drug-likeness (QED) is 0.767. The van der Waals surface area contributed by atoms with Crippen molar-refractivity contribution in [2.24, 2.45) is 11.3 Å². The van der Waals surface area contributed by atoms with Gasteiger partial charge in [0.1, 0.15) is 0 Å². The zero-order valence-electron chi connectivity index (χ0n) is 12.9. The van der Waals surface area contributed by atoms with Gasteiger partial charge in [-0.1, -0.05) is 0 Å². The van der Waals surface area contributed by atoms with E-state index in [9.17, 15) is 0 Å². The van der Waals surface area contributed by atoms with Gasteiger partial charge in [-0.2, -0.15) is 0 Å². The molecule has 4 nitrogen and oxygen atoms in total. The van der Waals surface area contributed by atoms with Crippen molar-refractivity contribution < 1.29 is 9.47 Å².